The number of fused-ring (bicyclic) bond motifs is 1. The summed E-state index contributed by atoms with van der Waals surface area (Å²) in [5, 5.41) is 2.98. The highest BCUT2D eigenvalue weighted by atomic mass is 19.4. The van der Waals surface area contributed by atoms with Gasteiger partial charge in [-0.25, -0.2) is 14.4 Å². The molecule has 1 amide bonds. The number of pyridine rings is 1. The summed E-state index contributed by atoms with van der Waals surface area (Å²) in [6, 6.07) is 3.22. The average molecular weight is 527 g/mol. The van der Waals surface area contributed by atoms with Crippen LogP contribution in [0.2, 0.25) is 0 Å². The Kier molecular flexibility index (Phi) is 8.40. The summed E-state index contributed by atoms with van der Waals surface area (Å²) in [6.07, 6.45) is -1.05. The van der Waals surface area contributed by atoms with Crippen molar-refractivity contribution in [2.24, 2.45) is 0 Å². The summed E-state index contributed by atoms with van der Waals surface area (Å²) in [6.45, 7) is 4.68. The van der Waals surface area contributed by atoms with E-state index in [9.17, 15) is 18.0 Å². The monoisotopic (exact) mass is 526 g/mol. The number of halogens is 4. The second-order valence-corrected chi connectivity index (χ2v) is 10.2. The van der Waals surface area contributed by atoms with Crippen molar-refractivity contribution in [3.05, 3.63) is 41.2 Å². The highest BCUT2D eigenvalue weighted by Gasteiger charge is 2.38. The molecule has 1 aliphatic carbocycles. The van der Waals surface area contributed by atoms with Crippen LogP contribution in [0.25, 0.3) is 0 Å². The lowest BCUT2D eigenvalue weighted by Gasteiger charge is -2.35. The predicted octanol–water partition coefficient (Wildman–Crippen LogP) is 4.51. The van der Waals surface area contributed by atoms with Gasteiger partial charge in [-0.3, -0.25) is 4.79 Å². The molecule has 0 radical (unpaired) electrons. The van der Waals surface area contributed by atoms with Crippen molar-refractivity contribution in [3.8, 4) is 5.88 Å². The van der Waals surface area contributed by atoms with Crippen LogP contribution >= 0.6 is 0 Å². The van der Waals surface area contributed by atoms with Crippen LogP contribution in [0.1, 0.15) is 61.9 Å². The number of amides is 1. The van der Waals surface area contributed by atoms with E-state index in [0.29, 0.717) is 69.7 Å². The van der Waals surface area contributed by atoms with Crippen LogP contribution in [0.4, 0.5) is 17.6 Å². The number of rotatable bonds is 8. The summed E-state index contributed by atoms with van der Waals surface area (Å²) in [7, 11) is 0. The van der Waals surface area contributed by atoms with Crippen molar-refractivity contribution in [2.45, 2.75) is 89.2 Å². The van der Waals surface area contributed by atoms with Crippen molar-refractivity contribution in [1.29, 1.82) is 0 Å². The van der Waals surface area contributed by atoms with E-state index in [1.54, 1.807) is 19.2 Å². The maximum atomic E-state index is 15.5. The van der Waals surface area contributed by atoms with E-state index in [-0.39, 0.29) is 24.2 Å². The summed E-state index contributed by atoms with van der Waals surface area (Å²) < 4.78 is 64.3. The number of nitrogens with zero attached hydrogens (tertiary/aromatic N) is 3. The third-order valence-electron chi connectivity index (χ3n) is 7.29. The molecule has 0 aromatic carbocycles. The minimum Gasteiger partial charge on any atom is -0.465 e. The lowest BCUT2D eigenvalue weighted by molar-refractivity contribution is -0.190. The number of aryl methyl sites for hydroxylation is 1. The topological polar surface area (TPSA) is 80.5 Å². The van der Waals surface area contributed by atoms with E-state index in [1.807, 2.05) is 0 Å². The molecule has 1 atom stereocenters. The molecule has 0 spiro atoms. The zero-order chi connectivity index (χ0) is 26.6. The molecule has 2 aromatic rings. The maximum absolute atomic E-state index is 15.5. The molecule has 1 fully saturated rings. The normalized spacial score (nSPS) is 23.7. The zero-order valence-electron chi connectivity index (χ0n) is 21.2. The number of hydrogen-bond acceptors (Lipinski definition) is 6. The van der Waals surface area contributed by atoms with Gasteiger partial charge in [0.05, 0.1) is 12.6 Å². The molecule has 1 unspecified atom stereocenters. The lowest BCUT2D eigenvalue weighted by atomic mass is 9.81. The molecule has 4 rings (SSSR count). The van der Waals surface area contributed by atoms with Crippen LogP contribution in [0.3, 0.4) is 0 Å². The molecule has 1 aliphatic heterocycles. The first-order valence-electron chi connectivity index (χ1n) is 12.8. The molecule has 3 heterocycles. The van der Waals surface area contributed by atoms with Crippen LogP contribution < -0.4 is 10.1 Å². The molecule has 1 saturated carbocycles. The SMILES string of the molecule is Cc1ncc(CC(=O)NC2CCC(F)(CCN3CCc4ccc(OC(C)C(F)(F)F)nc4CC3)CC2)o1. The van der Waals surface area contributed by atoms with Gasteiger partial charge in [0.2, 0.25) is 11.8 Å². The van der Waals surface area contributed by atoms with Crippen LogP contribution in [-0.4, -0.2) is 64.4 Å². The van der Waals surface area contributed by atoms with E-state index in [2.05, 4.69) is 20.2 Å². The van der Waals surface area contributed by atoms with E-state index >= 15 is 4.39 Å². The van der Waals surface area contributed by atoms with Gasteiger partial charge < -0.3 is 19.4 Å². The van der Waals surface area contributed by atoms with Crippen LogP contribution in [0.15, 0.2) is 22.7 Å². The van der Waals surface area contributed by atoms with Crippen molar-refractivity contribution < 1.29 is 31.5 Å². The van der Waals surface area contributed by atoms with Gasteiger partial charge in [0, 0.05) is 50.8 Å². The number of nitrogens with one attached hydrogen (secondary N) is 1. The van der Waals surface area contributed by atoms with Crippen LogP contribution in [0.5, 0.6) is 5.88 Å². The molecule has 37 heavy (non-hydrogen) atoms. The first-order valence-corrected chi connectivity index (χ1v) is 12.8. The fraction of sp³-hybridized carbons (Fsp3) is 0.654. The molecule has 2 aliphatic rings. The molecule has 0 saturated heterocycles. The van der Waals surface area contributed by atoms with Gasteiger partial charge >= 0.3 is 6.18 Å². The minimum absolute atomic E-state index is 0.0282. The Labute approximate surface area is 214 Å². The second kappa shape index (κ2) is 11.4. The molecule has 7 nitrogen and oxygen atoms in total. The van der Waals surface area contributed by atoms with Gasteiger partial charge in [-0.1, -0.05) is 6.07 Å². The third kappa shape index (κ3) is 7.66. The van der Waals surface area contributed by atoms with Crippen molar-refractivity contribution in [2.75, 3.05) is 19.6 Å². The summed E-state index contributed by atoms with van der Waals surface area (Å²) in [5.74, 6) is 0.854. The van der Waals surface area contributed by atoms with Gasteiger partial charge in [0.1, 0.15) is 11.4 Å². The Balaban J connectivity index is 1.21. The number of carbonyl (C=O) groups excluding carboxylic acids is 1. The van der Waals surface area contributed by atoms with Crippen molar-refractivity contribution >= 4 is 5.91 Å². The Bertz CT molecular complexity index is 1070. The van der Waals surface area contributed by atoms with Gasteiger partial charge in [0.25, 0.3) is 0 Å². The number of aromatic nitrogens is 2. The van der Waals surface area contributed by atoms with E-state index in [1.165, 1.54) is 6.07 Å². The Hall–Kier alpha value is -2.69. The number of hydrogen-bond donors (Lipinski definition) is 1. The minimum atomic E-state index is -4.45. The van der Waals surface area contributed by atoms with Gasteiger partial charge in [-0.05, 0) is 51.0 Å². The molecular formula is C26H34F4N4O3. The standard InChI is InChI=1S/C26H34F4N4O3/c1-17(26(28,29)30)36-24-4-3-19-7-12-34(13-8-22(19)33-24)14-11-25(27)9-5-20(6-10-25)32-23(35)15-21-16-31-18(2)37-21/h3-4,16-17,20H,5-15H2,1-2H3,(H,32,35). The van der Waals surface area contributed by atoms with Gasteiger partial charge in [0.15, 0.2) is 12.0 Å². The number of ether oxygens (including phenoxy) is 1. The predicted molar refractivity (Wildman–Crippen MR) is 128 cm³/mol. The number of alkyl halides is 4. The first kappa shape index (κ1) is 27.3. The van der Waals surface area contributed by atoms with Crippen molar-refractivity contribution in [3.63, 3.8) is 0 Å². The van der Waals surface area contributed by atoms with E-state index in [4.69, 9.17) is 9.15 Å². The van der Waals surface area contributed by atoms with E-state index < -0.39 is 17.9 Å². The largest absolute Gasteiger partial charge is 0.465 e. The van der Waals surface area contributed by atoms with E-state index in [0.717, 1.165) is 24.7 Å². The first-order chi connectivity index (χ1) is 17.5. The summed E-state index contributed by atoms with van der Waals surface area (Å²) >= 11 is 0. The third-order valence-corrected chi connectivity index (χ3v) is 7.29. The number of carbonyl (C=O) groups is 1. The fourth-order valence-corrected chi connectivity index (χ4v) is 4.96. The summed E-state index contributed by atoms with van der Waals surface area (Å²) in [5.41, 5.74) is 0.456. The quantitative estimate of drug-likeness (QED) is 0.510. The highest BCUT2D eigenvalue weighted by Crippen LogP contribution is 2.35. The molecule has 11 heteroatoms. The van der Waals surface area contributed by atoms with Crippen LogP contribution in [-0.2, 0) is 24.1 Å². The molecule has 204 valence electrons. The fourth-order valence-electron chi connectivity index (χ4n) is 4.96. The average Bonchev–Trinajstić information content (AvgIpc) is 3.13. The lowest BCUT2D eigenvalue weighted by Crippen LogP contribution is -2.43. The smallest absolute Gasteiger partial charge is 0.425 e. The highest BCUT2D eigenvalue weighted by molar-refractivity contribution is 5.78. The molecule has 0 bridgehead atoms. The Morgan fingerprint density at radius 1 is 1.27 bits per heavy atom. The summed E-state index contributed by atoms with van der Waals surface area (Å²) in [4.78, 5) is 22.8. The van der Waals surface area contributed by atoms with Gasteiger partial charge in [-0.2, -0.15) is 13.2 Å². The molecular weight excluding hydrogens is 492 g/mol. The maximum Gasteiger partial charge on any atom is 0.425 e. The molecule has 2 aromatic heterocycles. The second-order valence-electron chi connectivity index (χ2n) is 10.2. The Morgan fingerprint density at radius 2 is 2.00 bits per heavy atom. The molecule has 1 N–H and O–H groups in total. The van der Waals surface area contributed by atoms with Crippen LogP contribution in [0, 0.1) is 6.92 Å². The van der Waals surface area contributed by atoms with Crippen molar-refractivity contribution in [1.82, 2.24) is 20.2 Å². The number of oxazole rings is 1. The van der Waals surface area contributed by atoms with Gasteiger partial charge in [-0.15, -0.1) is 0 Å². The zero-order valence-corrected chi connectivity index (χ0v) is 21.2. The Morgan fingerprint density at radius 3 is 2.68 bits per heavy atom.